The van der Waals surface area contributed by atoms with Crippen molar-refractivity contribution >= 4 is 17.8 Å². The van der Waals surface area contributed by atoms with Crippen molar-refractivity contribution in [3.05, 3.63) is 70.8 Å². The highest BCUT2D eigenvalue weighted by atomic mass is 19.1. The van der Waals surface area contributed by atoms with Gasteiger partial charge in [0.2, 0.25) is 5.91 Å². The lowest BCUT2D eigenvalue weighted by atomic mass is 9.87. The summed E-state index contributed by atoms with van der Waals surface area (Å²) in [6, 6.07) is 9.35. The number of nitrogens with zero attached hydrogens (tertiary/aromatic N) is 2. The van der Waals surface area contributed by atoms with E-state index in [2.05, 4.69) is 24.2 Å². The van der Waals surface area contributed by atoms with E-state index in [0.29, 0.717) is 22.6 Å². The lowest BCUT2D eigenvalue weighted by Gasteiger charge is -2.36. The molecule has 0 aromatic heterocycles. The minimum absolute atomic E-state index is 0.109. The number of carbonyl (C=O) groups excluding carboxylic acids is 2. The zero-order valence-corrected chi connectivity index (χ0v) is 19.4. The number of halogens is 2. The second kappa shape index (κ2) is 9.68. The summed E-state index contributed by atoms with van der Waals surface area (Å²) in [4.78, 5) is 31.6. The molecule has 0 aliphatic carbocycles. The predicted molar refractivity (Wildman–Crippen MR) is 123 cm³/mol. The quantitative estimate of drug-likeness (QED) is 0.651. The van der Waals surface area contributed by atoms with Crippen LogP contribution < -0.4 is 11.1 Å². The van der Waals surface area contributed by atoms with E-state index in [4.69, 9.17) is 5.73 Å². The minimum atomic E-state index is -0.706. The molecule has 2 aromatic rings. The normalized spacial score (nSPS) is 19.4. The highest BCUT2D eigenvalue weighted by Gasteiger charge is 2.36. The van der Waals surface area contributed by atoms with Crippen molar-refractivity contribution in [2.45, 2.75) is 58.7 Å². The molecule has 2 aromatic carbocycles. The number of aliphatic imine (C=N–C) groups is 1. The first kappa shape index (κ1) is 24.4. The Balaban J connectivity index is 1.72. The largest absolute Gasteiger partial charge is 0.369 e. The Bertz CT molecular complexity index is 1070. The van der Waals surface area contributed by atoms with Crippen LogP contribution in [-0.4, -0.2) is 28.2 Å². The standard InChI is InChI=1S/C25H30F2N4O2/c1-15(2)12-25(4)13-22(32)31(24(28)30-25)14-17-6-5-7-18(8-17)23(33)29-16(3)19-9-20(26)11-21(27)10-19/h5-11,15-16H,12-14H2,1-4H3,(H2,28,30)(H,29,33)/t16-,25+/m0/s1. The van der Waals surface area contributed by atoms with Gasteiger partial charge in [0.05, 0.1) is 24.5 Å². The third-order valence-electron chi connectivity index (χ3n) is 5.60. The van der Waals surface area contributed by atoms with E-state index >= 15 is 0 Å². The Hall–Kier alpha value is -3.29. The van der Waals surface area contributed by atoms with E-state index < -0.39 is 29.1 Å². The second-order valence-corrected chi connectivity index (χ2v) is 9.32. The van der Waals surface area contributed by atoms with E-state index in [9.17, 15) is 18.4 Å². The molecular weight excluding hydrogens is 426 g/mol. The number of hydrogen-bond acceptors (Lipinski definition) is 4. The Morgan fingerprint density at radius 1 is 1.18 bits per heavy atom. The van der Waals surface area contributed by atoms with Crippen LogP contribution in [0.1, 0.15) is 68.1 Å². The van der Waals surface area contributed by atoms with Crippen LogP contribution in [0, 0.1) is 17.6 Å². The summed E-state index contributed by atoms with van der Waals surface area (Å²) in [7, 11) is 0. The van der Waals surface area contributed by atoms with Gasteiger partial charge in [0.1, 0.15) is 11.6 Å². The van der Waals surface area contributed by atoms with Gasteiger partial charge in [-0.3, -0.25) is 14.5 Å². The molecule has 8 heteroatoms. The first-order valence-electron chi connectivity index (χ1n) is 11.0. The van der Waals surface area contributed by atoms with Gasteiger partial charge in [-0.15, -0.1) is 0 Å². The lowest BCUT2D eigenvalue weighted by molar-refractivity contribution is -0.130. The second-order valence-electron chi connectivity index (χ2n) is 9.32. The van der Waals surface area contributed by atoms with Crippen molar-refractivity contribution in [2.24, 2.45) is 16.6 Å². The molecule has 6 nitrogen and oxygen atoms in total. The number of carbonyl (C=O) groups is 2. The fourth-order valence-electron chi connectivity index (χ4n) is 4.27. The molecule has 0 fully saturated rings. The molecule has 3 rings (SSSR count). The molecule has 0 spiro atoms. The topological polar surface area (TPSA) is 87.8 Å². The molecule has 0 bridgehead atoms. The van der Waals surface area contributed by atoms with E-state index in [1.807, 2.05) is 6.92 Å². The summed E-state index contributed by atoms with van der Waals surface area (Å²) >= 11 is 0. The van der Waals surface area contributed by atoms with Crippen LogP contribution in [0.15, 0.2) is 47.5 Å². The molecule has 33 heavy (non-hydrogen) atoms. The SMILES string of the molecule is CC(C)C[C@]1(C)CC(=O)N(Cc2cccc(C(=O)N[C@@H](C)c3cc(F)cc(F)c3)c2)C(N)=N1. The van der Waals surface area contributed by atoms with Gasteiger partial charge in [-0.05, 0) is 61.6 Å². The lowest BCUT2D eigenvalue weighted by Crippen LogP contribution is -2.50. The number of guanidine groups is 1. The van der Waals surface area contributed by atoms with Gasteiger partial charge >= 0.3 is 0 Å². The molecule has 176 valence electrons. The monoisotopic (exact) mass is 456 g/mol. The van der Waals surface area contributed by atoms with Crippen molar-refractivity contribution in [3.63, 3.8) is 0 Å². The summed E-state index contributed by atoms with van der Waals surface area (Å²) in [5.74, 6) is -1.36. The van der Waals surface area contributed by atoms with Crippen molar-refractivity contribution in [1.29, 1.82) is 0 Å². The number of hydrogen-bond donors (Lipinski definition) is 2. The van der Waals surface area contributed by atoms with Gasteiger partial charge in [0, 0.05) is 11.6 Å². The summed E-state index contributed by atoms with van der Waals surface area (Å²) in [6.07, 6.45) is 1.03. The minimum Gasteiger partial charge on any atom is -0.369 e. The average Bonchev–Trinajstić information content (AvgIpc) is 2.69. The van der Waals surface area contributed by atoms with Crippen molar-refractivity contribution < 1.29 is 18.4 Å². The molecule has 0 unspecified atom stereocenters. The number of amides is 2. The maximum Gasteiger partial charge on any atom is 0.251 e. The highest BCUT2D eigenvalue weighted by Crippen LogP contribution is 2.29. The third-order valence-corrected chi connectivity index (χ3v) is 5.60. The Labute approximate surface area is 192 Å². The van der Waals surface area contributed by atoms with E-state index in [1.54, 1.807) is 31.2 Å². The molecular formula is C25H30F2N4O2. The number of rotatable bonds is 7. The molecule has 1 aliphatic rings. The molecule has 3 N–H and O–H groups in total. The van der Waals surface area contributed by atoms with Crippen molar-refractivity contribution in [1.82, 2.24) is 10.2 Å². The highest BCUT2D eigenvalue weighted by molar-refractivity contribution is 5.99. The zero-order valence-electron chi connectivity index (χ0n) is 19.4. The molecule has 0 saturated heterocycles. The molecule has 1 heterocycles. The number of benzene rings is 2. The van der Waals surface area contributed by atoms with Gasteiger partial charge in [-0.1, -0.05) is 26.0 Å². The van der Waals surface area contributed by atoms with Crippen molar-refractivity contribution in [2.75, 3.05) is 0 Å². The van der Waals surface area contributed by atoms with Gasteiger partial charge < -0.3 is 11.1 Å². The van der Waals surface area contributed by atoms with E-state index in [0.717, 1.165) is 12.5 Å². The fraction of sp³-hybridized carbons (Fsp3) is 0.400. The van der Waals surface area contributed by atoms with Crippen LogP contribution in [0.4, 0.5) is 8.78 Å². The van der Waals surface area contributed by atoms with Crippen LogP contribution in [0.3, 0.4) is 0 Å². The van der Waals surface area contributed by atoms with Gasteiger partial charge in [-0.2, -0.15) is 0 Å². The Morgan fingerprint density at radius 2 is 1.85 bits per heavy atom. The first-order chi connectivity index (χ1) is 15.5. The molecule has 2 amide bonds. The molecule has 1 aliphatic heterocycles. The van der Waals surface area contributed by atoms with Crippen LogP contribution >= 0.6 is 0 Å². The number of nitrogens with one attached hydrogen (secondary N) is 1. The molecule has 0 radical (unpaired) electrons. The average molecular weight is 457 g/mol. The number of nitrogens with two attached hydrogens (primary N) is 1. The first-order valence-corrected chi connectivity index (χ1v) is 11.0. The van der Waals surface area contributed by atoms with E-state index in [-0.39, 0.29) is 24.8 Å². The summed E-state index contributed by atoms with van der Waals surface area (Å²) in [5, 5.41) is 2.74. The van der Waals surface area contributed by atoms with Gasteiger partial charge in [0.15, 0.2) is 5.96 Å². The third kappa shape index (κ3) is 6.15. The predicted octanol–water partition coefficient (Wildman–Crippen LogP) is 4.31. The van der Waals surface area contributed by atoms with Crippen molar-refractivity contribution in [3.8, 4) is 0 Å². The summed E-state index contributed by atoms with van der Waals surface area (Å²) in [6.45, 7) is 7.93. The molecule has 0 saturated carbocycles. The zero-order chi connectivity index (χ0) is 24.3. The van der Waals surface area contributed by atoms with Crippen LogP contribution in [0.5, 0.6) is 0 Å². The summed E-state index contributed by atoms with van der Waals surface area (Å²) in [5.41, 5.74) is 7.02. The maximum absolute atomic E-state index is 13.5. The van der Waals surface area contributed by atoms with Crippen LogP contribution in [-0.2, 0) is 11.3 Å². The van der Waals surface area contributed by atoms with E-state index in [1.165, 1.54) is 17.0 Å². The Morgan fingerprint density at radius 3 is 2.45 bits per heavy atom. The fourth-order valence-corrected chi connectivity index (χ4v) is 4.27. The Kier molecular flexibility index (Phi) is 7.15. The molecule has 2 atom stereocenters. The van der Waals surface area contributed by atoms with Crippen LogP contribution in [0.25, 0.3) is 0 Å². The smallest absolute Gasteiger partial charge is 0.251 e. The van der Waals surface area contributed by atoms with Gasteiger partial charge in [-0.25, -0.2) is 13.8 Å². The van der Waals surface area contributed by atoms with Gasteiger partial charge in [0.25, 0.3) is 5.91 Å². The maximum atomic E-state index is 13.5. The van der Waals surface area contributed by atoms with Crippen LogP contribution in [0.2, 0.25) is 0 Å². The summed E-state index contributed by atoms with van der Waals surface area (Å²) < 4.78 is 27.0.